The molecule has 0 amide bonds. The predicted octanol–water partition coefficient (Wildman–Crippen LogP) is 3.57. The quantitative estimate of drug-likeness (QED) is 0.456. The predicted molar refractivity (Wildman–Crippen MR) is 63.2 cm³/mol. The van der Waals surface area contributed by atoms with Crippen molar-refractivity contribution in [2.24, 2.45) is 0 Å². The zero-order valence-corrected chi connectivity index (χ0v) is 9.49. The highest BCUT2D eigenvalue weighted by molar-refractivity contribution is 9.18. The van der Waals surface area contributed by atoms with E-state index in [0.29, 0.717) is 0 Å². The molecule has 0 spiro atoms. The number of hydrogen-bond donors (Lipinski definition) is 0. The van der Waals surface area contributed by atoms with E-state index in [4.69, 9.17) is 0 Å². The number of halogens is 1. The van der Waals surface area contributed by atoms with Gasteiger partial charge in [0.2, 0.25) is 4.69 Å². The van der Waals surface area contributed by atoms with Crippen molar-refractivity contribution in [3.63, 3.8) is 0 Å². The third-order valence-electron chi connectivity index (χ3n) is 1.81. The molecule has 0 fully saturated rings. The van der Waals surface area contributed by atoms with Crippen LogP contribution in [-0.2, 0) is 4.79 Å². The van der Waals surface area contributed by atoms with Crippen LogP contribution in [0.3, 0.4) is 0 Å². The maximum atomic E-state index is 10.7. The van der Waals surface area contributed by atoms with Crippen molar-refractivity contribution < 1.29 is 4.79 Å². The minimum absolute atomic E-state index is 0.118. The van der Waals surface area contributed by atoms with Gasteiger partial charge in [0.25, 0.3) is 0 Å². The molecule has 14 heavy (non-hydrogen) atoms. The zero-order chi connectivity index (χ0) is 10.4. The summed E-state index contributed by atoms with van der Waals surface area (Å²) in [5.74, 6) is 0. The summed E-state index contributed by atoms with van der Waals surface area (Å²) in [6.45, 7) is 1.95. The molecule has 0 bridgehead atoms. The molecular formula is C12H11BrO. The molecule has 1 nitrogen and oxygen atoms in total. The third kappa shape index (κ3) is 3.30. The summed E-state index contributed by atoms with van der Waals surface area (Å²) in [5, 5.41) is 0. The van der Waals surface area contributed by atoms with Gasteiger partial charge in [-0.25, -0.2) is 0 Å². The van der Waals surface area contributed by atoms with E-state index in [0.717, 1.165) is 11.1 Å². The Morgan fingerprint density at radius 3 is 2.36 bits per heavy atom. The highest BCUT2D eigenvalue weighted by Gasteiger charge is 1.95. The summed E-state index contributed by atoms with van der Waals surface area (Å²) < 4.78 is -0.118. The van der Waals surface area contributed by atoms with Crippen LogP contribution in [0.25, 0.3) is 5.57 Å². The van der Waals surface area contributed by atoms with Gasteiger partial charge in [-0.1, -0.05) is 42.5 Å². The highest BCUT2D eigenvalue weighted by atomic mass is 79.9. The standard InChI is InChI=1S/C12H11BrO/c1-2-10(8-9-12(13)14)11-6-4-3-5-7-11/h2-9H,1H3. The first-order valence-electron chi connectivity index (χ1n) is 4.33. The van der Waals surface area contributed by atoms with Crippen LogP contribution < -0.4 is 0 Å². The fourth-order valence-electron chi connectivity index (χ4n) is 1.15. The average Bonchev–Trinajstić information content (AvgIpc) is 2.20. The van der Waals surface area contributed by atoms with Gasteiger partial charge in [-0.05, 0) is 40.1 Å². The van der Waals surface area contributed by atoms with E-state index in [1.54, 1.807) is 6.08 Å². The van der Waals surface area contributed by atoms with Crippen molar-refractivity contribution in [2.75, 3.05) is 0 Å². The SMILES string of the molecule is CC=C(C=CC(=O)Br)c1ccccc1. The molecule has 1 aromatic carbocycles. The smallest absolute Gasteiger partial charge is 0.220 e. The molecule has 72 valence electrons. The summed E-state index contributed by atoms with van der Waals surface area (Å²) >= 11 is 2.85. The molecular weight excluding hydrogens is 240 g/mol. The molecule has 0 atom stereocenters. The minimum atomic E-state index is -0.118. The van der Waals surface area contributed by atoms with Crippen LogP contribution in [0.1, 0.15) is 12.5 Å². The second-order valence-corrected chi connectivity index (χ2v) is 3.53. The van der Waals surface area contributed by atoms with Crippen LogP contribution in [0, 0.1) is 0 Å². The third-order valence-corrected chi connectivity index (χ3v) is 2.08. The van der Waals surface area contributed by atoms with Crippen LogP contribution in [0.5, 0.6) is 0 Å². The van der Waals surface area contributed by atoms with Crippen molar-refractivity contribution >= 4 is 26.2 Å². The summed E-state index contributed by atoms with van der Waals surface area (Å²) in [5.41, 5.74) is 2.15. The molecule has 0 saturated heterocycles. The first-order chi connectivity index (χ1) is 6.74. The summed E-state index contributed by atoms with van der Waals surface area (Å²) in [4.78, 5) is 10.7. The Balaban J connectivity index is 2.90. The minimum Gasteiger partial charge on any atom is -0.282 e. The van der Waals surface area contributed by atoms with Crippen LogP contribution in [-0.4, -0.2) is 4.69 Å². The molecule has 0 heterocycles. The fraction of sp³-hybridized carbons (Fsp3) is 0.0833. The Labute approximate surface area is 92.3 Å². The first kappa shape index (κ1) is 10.9. The second kappa shape index (κ2) is 5.55. The molecule has 0 aliphatic carbocycles. The number of hydrogen-bond acceptors (Lipinski definition) is 1. The molecule has 0 radical (unpaired) electrons. The lowest BCUT2D eigenvalue weighted by molar-refractivity contribution is -0.106. The maximum Gasteiger partial charge on any atom is 0.220 e. The maximum absolute atomic E-state index is 10.7. The number of allylic oxidation sites excluding steroid dienone is 4. The molecule has 2 heteroatoms. The van der Waals surface area contributed by atoms with Crippen LogP contribution >= 0.6 is 15.9 Å². The van der Waals surface area contributed by atoms with E-state index in [-0.39, 0.29) is 4.69 Å². The van der Waals surface area contributed by atoms with Crippen molar-refractivity contribution in [3.05, 3.63) is 54.1 Å². The molecule has 0 unspecified atom stereocenters. The van der Waals surface area contributed by atoms with Crippen LogP contribution in [0.15, 0.2) is 48.6 Å². The summed E-state index contributed by atoms with van der Waals surface area (Å²) in [6.07, 6.45) is 5.27. The van der Waals surface area contributed by atoms with Gasteiger partial charge >= 0.3 is 0 Å². The molecule has 1 aromatic rings. The van der Waals surface area contributed by atoms with E-state index in [1.165, 1.54) is 6.08 Å². The molecule has 0 saturated carbocycles. The number of rotatable bonds is 3. The van der Waals surface area contributed by atoms with E-state index in [9.17, 15) is 4.79 Å². The molecule has 1 rings (SSSR count). The lowest BCUT2D eigenvalue weighted by Gasteiger charge is -1.99. The van der Waals surface area contributed by atoms with Crippen molar-refractivity contribution in [2.45, 2.75) is 6.92 Å². The Bertz CT molecular complexity index is 363. The fourth-order valence-corrected chi connectivity index (χ4v) is 1.28. The Hall–Kier alpha value is -1.15. The van der Waals surface area contributed by atoms with Gasteiger partial charge in [0, 0.05) is 0 Å². The monoisotopic (exact) mass is 250 g/mol. The summed E-state index contributed by atoms with van der Waals surface area (Å²) in [6, 6.07) is 9.94. The van der Waals surface area contributed by atoms with Gasteiger partial charge in [0.1, 0.15) is 0 Å². The van der Waals surface area contributed by atoms with Gasteiger partial charge in [-0.15, -0.1) is 0 Å². The van der Waals surface area contributed by atoms with E-state index >= 15 is 0 Å². The largest absolute Gasteiger partial charge is 0.282 e. The first-order valence-corrected chi connectivity index (χ1v) is 5.12. The van der Waals surface area contributed by atoms with Gasteiger partial charge in [-0.3, -0.25) is 4.79 Å². The van der Waals surface area contributed by atoms with Gasteiger partial charge < -0.3 is 0 Å². The van der Waals surface area contributed by atoms with E-state index in [1.807, 2.05) is 43.3 Å². The van der Waals surface area contributed by atoms with Crippen LogP contribution in [0.4, 0.5) is 0 Å². The van der Waals surface area contributed by atoms with Crippen molar-refractivity contribution in [3.8, 4) is 0 Å². The number of carbonyl (C=O) groups is 1. The average molecular weight is 251 g/mol. The van der Waals surface area contributed by atoms with E-state index in [2.05, 4.69) is 15.9 Å². The molecule has 0 aromatic heterocycles. The number of carbonyl (C=O) groups excluding carboxylic acids is 1. The molecule has 0 aliphatic rings. The lowest BCUT2D eigenvalue weighted by atomic mass is 10.1. The van der Waals surface area contributed by atoms with Crippen molar-refractivity contribution in [1.82, 2.24) is 0 Å². The lowest BCUT2D eigenvalue weighted by Crippen LogP contribution is -1.81. The Morgan fingerprint density at radius 1 is 1.21 bits per heavy atom. The highest BCUT2D eigenvalue weighted by Crippen LogP contribution is 2.15. The van der Waals surface area contributed by atoms with Crippen LogP contribution in [0.2, 0.25) is 0 Å². The van der Waals surface area contributed by atoms with Gasteiger partial charge in [0.15, 0.2) is 0 Å². The van der Waals surface area contributed by atoms with E-state index < -0.39 is 0 Å². The normalized spacial score (nSPS) is 12.0. The Kier molecular flexibility index (Phi) is 4.33. The molecule has 0 aliphatic heterocycles. The van der Waals surface area contributed by atoms with Crippen molar-refractivity contribution in [1.29, 1.82) is 0 Å². The Morgan fingerprint density at radius 2 is 1.86 bits per heavy atom. The zero-order valence-electron chi connectivity index (χ0n) is 7.91. The molecule has 0 N–H and O–H groups in total. The topological polar surface area (TPSA) is 17.1 Å². The summed E-state index contributed by atoms with van der Waals surface area (Å²) in [7, 11) is 0. The van der Waals surface area contributed by atoms with Gasteiger partial charge in [-0.2, -0.15) is 0 Å². The second-order valence-electron chi connectivity index (χ2n) is 2.75. The van der Waals surface area contributed by atoms with Gasteiger partial charge in [0.05, 0.1) is 0 Å². The number of benzene rings is 1.